The van der Waals surface area contributed by atoms with E-state index in [0.29, 0.717) is 18.0 Å². The van der Waals surface area contributed by atoms with Gasteiger partial charge in [-0.05, 0) is 43.7 Å². The summed E-state index contributed by atoms with van der Waals surface area (Å²) < 4.78 is 31.4. The summed E-state index contributed by atoms with van der Waals surface area (Å²) in [5.41, 5.74) is 5.15. The lowest BCUT2D eigenvalue weighted by Crippen LogP contribution is -2.47. The maximum absolute atomic E-state index is 12.8. The van der Waals surface area contributed by atoms with Gasteiger partial charge >= 0.3 is 0 Å². The van der Waals surface area contributed by atoms with Gasteiger partial charge in [-0.3, -0.25) is 14.0 Å². The van der Waals surface area contributed by atoms with Crippen molar-refractivity contribution in [3.63, 3.8) is 0 Å². The minimum Gasteiger partial charge on any atom is -0.494 e. The number of amides is 1. The topological polar surface area (TPSA) is 91.3 Å². The van der Waals surface area contributed by atoms with Crippen LogP contribution in [0.3, 0.4) is 0 Å². The number of likely N-dealkylation sites (tertiary alicyclic amines) is 1. The number of benzene rings is 2. The van der Waals surface area contributed by atoms with Crippen molar-refractivity contribution >= 4 is 27.3 Å². The molecule has 33 heavy (non-hydrogen) atoms. The normalized spacial score (nSPS) is 15.5. The molecule has 0 spiro atoms. The van der Waals surface area contributed by atoms with Gasteiger partial charge in [-0.1, -0.05) is 30.3 Å². The van der Waals surface area contributed by atoms with E-state index in [9.17, 15) is 13.2 Å². The Bertz CT molecular complexity index is 1050. The number of sulfonamides is 1. The van der Waals surface area contributed by atoms with Crippen molar-refractivity contribution in [3.8, 4) is 5.75 Å². The molecule has 9 heteroatoms. The zero-order valence-electron chi connectivity index (χ0n) is 19.4. The predicted octanol–water partition coefficient (Wildman–Crippen LogP) is 3.01. The minimum atomic E-state index is -3.69. The summed E-state index contributed by atoms with van der Waals surface area (Å²) in [7, 11) is -3.69. The van der Waals surface area contributed by atoms with E-state index in [2.05, 4.69) is 27.6 Å². The van der Waals surface area contributed by atoms with Crippen molar-refractivity contribution in [1.29, 1.82) is 0 Å². The van der Waals surface area contributed by atoms with Crippen LogP contribution in [0.15, 0.2) is 59.7 Å². The molecule has 1 heterocycles. The van der Waals surface area contributed by atoms with E-state index in [1.807, 2.05) is 25.1 Å². The number of ether oxygens (including phenoxy) is 1. The van der Waals surface area contributed by atoms with Crippen molar-refractivity contribution in [2.24, 2.45) is 5.10 Å². The summed E-state index contributed by atoms with van der Waals surface area (Å²) in [5.74, 6) is 0.158. The van der Waals surface area contributed by atoms with Gasteiger partial charge in [-0.2, -0.15) is 5.10 Å². The van der Waals surface area contributed by atoms with Crippen LogP contribution in [-0.2, 0) is 21.4 Å². The second-order valence-electron chi connectivity index (χ2n) is 8.08. The molecule has 1 saturated heterocycles. The molecule has 0 saturated carbocycles. The standard InChI is InChI=1S/C24H32N4O4S/c1-4-32-23-12-10-22(11-13-23)28(33(3,30)31)19(2)24(29)26-25-21-14-16-27(17-15-21)18-20-8-6-5-7-9-20/h5-13,19H,4,14-18H2,1-3H3,(H,26,29)/t19-/m1/s1. The van der Waals surface area contributed by atoms with Crippen molar-refractivity contribution in [3.05, 3.63) is 60.2 Å². The van der Waals surface area contributed by atoms with Crippen molar-refractivity contribution in [2.75, 3.05) is 30.3 Å². The maximum Gasteiger partial charge on any atom is 0.263 e. The lowest BCUT2D eigenvalue weighted by molar-refractivity contribution is -0.121. The third-order valence-electron chi connectivity index (χ3n) is 5.50. The van der Waals surface area contributed by atoms with Crippen LogP contribution in [-0.4, -0.2) is 56.9 Å². The fourth-order valence-corrected chi connectivity index (χ4v) is 4.99. The quantitative estimate of drug-likeness (QED) is 0.567. The van der Waals surface area contributed by atoms with E-state index in [-0.39, 0.29) is 0 Å². The number of carbonyl (C=O) groups is 1. The van der Waals surface area contributed by atoms with Crippen LogP contribution in [0.2, 0.25) is 0 Å². The molecule has 3 rings (SSSR count). The van der Waals surface area contributed by atoms with Crippen molar-refractivity contribution in [2.45, 2.75) is 39.3 Å². The molecular formula is C24H32N4O4S. The van der Waals surface area contributed by atoms with Gasteiger partial charge in [0.05, 0.1) is 18.6 Å². The molecule has 1 aliphatic rings. The largest absolute Gasteiger partial charge is 0.494 e. The summed E-state index contributed by atoms with van der Waals surface area (Å²) in [6, 6.07) is 16.0. The highest BCUT2D eigenvalue weighted by molar-refractivity contribution is 7.92. The molecule has 0 bridgehead atoms. The second-order valence-corrected chi connectivity index (χ2v) is 9.94. The summed E-state index contributed by atoms with van der Waals surface area (Å²) in [5, 5.41) is 4.29. The molecule has 2 aromatic rings. The molecule has 2 aromatic carbocycles. The highest BCUT2D eigenvalue weighted by atomic mass is 32.2. The first kappa shape index (κ1) is 24.7. The number of rotatable bonds is 9. The number of hydrogen-bond acceptors (Lipinski definition) is 6. The van der Waals surface area contributed by atoms with Gasteiger partial charge < -0.3 is 4.74 Å². The Hall–Kier alpha value is -2.91. The Balaban J connectivity index is 1.59. The molecular weight excluding hydrogens is 440 g/mol. The van der Waals surface area contributed by atoms with E-state index in [1.165, 1.54) is 5.56 Å². The Morgan fingerprint density at radius 3 is 2.33 bits per heavy atom. The van der Waals surface area contributed by atoms with Gasteiger partial charge in [0.25, 0.3) is 5.91 Å². The van der Waals surface area contributed by atoms with Gasteiger partial charge in [0.15, 0.2) is 0 Å². The number of piperidine rings is 1. The minimum absolute atomic E-state index is 0.394. The fourth-order valence-electron chi connectivity index (χ4n) is 3.81. The van der Waals surface area contributed by atoms with Crippen LogP contribution >= 0.6 is 0 Å². The number of carbonyl (C=O) groups excluding carboxylic acids is 1. The van der Waals surface area contributed by atoms with Crippen molar-refractivity contribution in [1.82, 2.24) is 10.3 Å². The van der Waals surface area contributed by atoms with Crippen LogP contribution in [0.1, 0.15) is 32.3 Å². The molecule has 0 aromatic heterocycles. The van der Waals surface area contributed by atoms with Gasteiger partial charge in [-0.25, -0.2) is 13.8 Å². The number of nitrogens with one attached hydrogen (secondary N) is 1. The van der Waals surface area contributed by atoms with Crippen molar-refractivity contribution < 1.29 is 17.9 Å². The molecule has 1 aliphatic heterocycles. The second kappa shape index (κ2) is 11.3. The van der Waals surface area contributed by atoms with Gasteiger partial charge in [0, 0.05) is 38.2 Å². The third kappa shape index (κ3) is 7.03. The van der Waals surface area contributed by atoms with E-state index >= 15 is 0 Å². The van der Waals surface area contributed by atoms with Crippen LogP contribution in [0.25, 0.3) is 0 Å². The number of anilines is 1. The molecule has 0 radical (unpaired) electrons. The Labute approximate surface area is 196 Å². The number of nitrogens with zero attached hydrogens (tertiary/aromatic N) is 3. The molecule has 178 valence electrons. The van der Waals surface area contributed by atoms with E-state index in [0.717, 1.165) is 48.7 Å². The summed E-state index contributed by atoms with van der Waals surface area (Å²) >= 11 is 0. The Kier molecular flexibility index (Phi) is 8.46. The summed E-state index contributed by atoms with van der Waals surface area (Å²) in [4.78, 5) is 15.1. The SMILES string of the molecule is CCOc1ccc(N([C@H](C)C(=O)NN=C2CCN(Cc3ccccc3)CC2)S(C)(=O)=O)cc1. The third-order valence-corrected chi connectivity index (χ3v) is 6.74. The van der Waals surface area contributed by atoms with Crippen LogP contribution in [0, 0.1) is 0 Å². The fraction of sp³-hybridized carbons (Fsp3) is 0.417. The summed E-state index contributed by atoms with van der Waals surface area (Å²) in [6.45, 7) is 6.55. The first-order valence-corrected chi connectivity index (χ1v) is 13.0. The molecule has 8 nitrogen and oxygen atoms in total. The van der Waals surface area contributed by atoms with Crippen LogP contribution < -0.4 is 14.5 Å². The lowest BCUT2D eigenvalue weighted by Gasteiger charge is -2.29. The van der Waals surface area contributed by atoms with E-state index in [1.54, 1.807) is 31.2 Å². The predicted molar refractivity (Wildman–Crippen MR) is 131 cm³/mol. The van der Waals surface area contributed by atoms with Gasteiger partial charge in [0.1, 0.15) is 11.8 Å². The summed E-state index contributed by atoms with van der Waals surface area (Å²) in [6.07, 6.45) is 2.61. The number of hydrogen-bond donors (Lipinski definition) is 1. The first-order chi connectivity index (χ1) is 15.8. The molecule has 1 N–H and O–H groups in total. The monoisotopic (exact) mass is 472 g/mol. The highest BCUT2D eigenvalue weighted by Crippen LogP contribution is 2.24. The van der Waals surface area contributed by atoms with Crippen LogP contribution in [0.4, 0.5) is 5.69 Å². The Morgan fingerprint density at radius 1 is 1.12 bits per heavy atom. The average molecular weight is 473 g/mol. The Morgan fingerprint density at radius 2 is 1.76 bits per heavy atom. The lowest BCUT2D eigenvalue weighted by atomic mass is 10.1. The van der Waals surface area contributed by atoms with Gasteiger partial charge in [0.2, 0.25) is 10.0 Å². The highest BCUT2D eigenvalue weighted by Gasteiger charge is 2.29. The molecule has 1 atom stereocenters. The zero-order chi connectivity index (χ0) is 23.8. The molecule has 1 amide bonds. The number of hydrazone groups is 1. The molecule has 0 unspecified atom stereocenters. The van der Waals surface area contributed by atoms with Gasteiger partial charge in [-0.15, -0.1) is 0 Å². The molecule has 0 aliphatic carbocycles. The maximum atomic E-state index is 12.8. The van der Waals surface area contributed by atoms with Crippen LogP contribution in [0.5, 0.6) is 5.75 Å². The van der Waals surface area contributed by atoms with E-state index < -0.39 is 22.0 Å². The van der Waals surface area contributed by atoms with E-state index in [4.69, 9.17) is 4.74 Å². The smallest absolute Gasteiger partial charge is 0.263 e. The first-order valence-electron chi connectivity index (χ1n) is 11.1. The molecule has 1 fully saturated rings. The average Bonchev–Trinajstić information content (AvgIpc) is 2.79. The zero-order valence-corrected chi connectivity index (χ0v) is 20.2.